The Labute approximate surface area is 231 Å². The van der Waals surface area contributed by atoms with Crippen LogP contribution < -0.4 is 0 Å². The van der Waals surface area contributed by atoms with Crippen LogP contribution in [0.15, 0.2) is 132 Å². The summed E-state index contributed by atoms with van der Waals surface area (Å²) in [5.74, 6) is 0.611. The van der Waals surface area contributed by atoms with Crippen LogP contribution >= 0.6 is 0 Å². The highest BCUT2D eigenvalue weighted by Crippen LogP contribution is 2.38. The van der Waals surface area contributed by atoms with Crippen molar-refractivity contribution >= 4 is 43.5 Å². The van der Waals surface area contributed by atoms with Crippen molar-refractivity contribution in [2.24, 2.45) is 0 Å². The van der Waals surface area contributed by atoms with Gasteiger partial charge in [0.25, 0.3) is 0 Å². The lowest BCUT2D eigenvalue weighted by molar-refractivity contribution is 0.669. The first-order valence-electron chi connectivity index (χ1n) is 15.0. The molecule has 0 amide bonds. The van der Waals surface area contributed by atoms with Crippen LogP contribution in [0.5, 0.6) is 0 Å². The molecular weight excluding hydrogens is 478 g/mol. The second-order valence-electron chi connectivity index (χ2n) is 9.31. The van der Waals surface area contributed by atoms with E-state index in [9.17, 15) is 0 Å². The van der Waals surface area contributed by atoms with Crippen molar-refractivity contribution in [2.45, 2.75) is 0 Å². The Morgan fingerprint density at radius 1 is 0.513 bits per heavy atom. The van der Waals surface area contributed by atoms with E-state index in [0.29, 0.717) is 22.8 Å². The van der Waals surface area contributed by atoms with Gasteiger partial charge in [-0.15, -0.1) is 0 Å². The molecule has 4 heteroatoms. The minimum atomic E-state index is -0.478. The van der Waals surface area contributed by atoms with E-state index >= 15 is 0 Å². The second kappa shape index (κ2) is 8.61. The van der Waals surface area contributed by atoms with Gasteiger partial charge in [-0.1, -0.05) is 109 Å². The fourth-order valence-electron chi connectivity index (χ4n) is 5.21. The lowest BCUT2D eigenvalue weighted by atomic mass is 10.0. The summed E-state index contributed by atoms with van der Waals surface area (Å²) in [5, 5.41) is 5.73. The van der Waals surface area contributed by atoms with Crippen molar-refractivity contribution in [3.63, 3.8) is 0 Å². The van der Waals surface area contributed by atoms with Gasteiger partial charge in [-0.2, -0.15) is 0 Å². The zero-order valence-corrected chi connectivity index (χ0v) is 20.5. The molecule has 182 valence electrons. The Kier molecular flexibility index (Phi) is 3.80. The molecule has 0 saturated carbocycles. The average Bonchev–Trinajstić information content (AvgIpc) is 3.42. The first-order valence-corrected chi connectivity index (χ1v) is 12.5. The summed E-state index contributed by atoms with van der Waals surface area (Å²) in [7, 11) is 0. The van der Waals surface area contributed by atoms with Crippen LogP contribution in [0.3, 0.4) is 0 Å². The highest BCUT2D eigenvalue weighted by molar-refractivity contribution is 6.15. The lowest BCUT2D eigenvalue weighted by Gasteiger charge is -2.11. The van der Waals surface area contributed by atoms with E-state index in [0.717, 1.165) is 43.5 Å². The molecule has 6 aromatic carbocycles. The molecule has 0 bridgehead atoms. The normalized spacial score (nSPS) is 13.4. The number of aromatic nitrogens is 3. The largest absolute Gasteiger partial charge is 0.456 e. The minimum absolute atomic E-state index is 0.00909. The maximum atomic E-state index is 8.66. The molecule has 0 fully saturated rings. The minimum Gasteiger partial charge on any atom is -0.456 e. The number of nitrogens with zero attached hydrogens (tertiary/aromatic N) is 3. The van der Waals surface area contributed by atoms with E-state index in [1.165, 1.54) is 0 Å². The predicted molar refractivity (Wildman–Crippen MR) is 158 cm³/mol. The van der Waals surface area contributed by atoms with Crippen LogP contribution in [0.1, 0.15) is 6.85 Å². The van der Waals surface area contributed by atoms with Crippen molar-refractivity contribution in [2.75, 3.05) is 0 Å². The van der Waals surface area contributed by atoms with Crippen molar-refractivity contribution < 1.29 is 11.3 Å². The van der Waals surface area contributed by atoms with Gasteiger partial charge in [0.2, 0.25) is 0 Å². The molecular formula is C35H21N3O. The van der Waals surface area contributed by atoms with Gasteiger partial charge >= 0.3 is 0 Å². The molecule has 0 aliphatic heterocycles. The Balaban J connectivity index is 1.47. The SMILES string of the molecule is [2H]c1c([2H])c([2H])c(-c2nc(-c3cccc4ccccc34)nc(-c3cccc4oc5cc6ccccc6cc5c34)n2)c([2H])c1[2H]. The van der Waals surface area contributed by atoms with Crippen molar-refractivity contribution in [1.82, 2.24) is 15.0 Å². The quantitative estimate of drug-likeness (QED) is 0.241. The number of fused-ring (bicyclic) bond motifs is 5. The van der Waals surface area contributed by atoms with E-state index in [1.807, 2.05) is 91.0 Å². The smallest absolute Gasteiger partial charge is 0.164 e. The zero-order valence-electron chi connectivity index (χ0n) is 25.5. The van der Waals surface area contributed by atoms with Crippen molar-refractivity contribution in [3.05, 3.63) is 127 Å². The van der Waals surface area contributed by atoms with Crippen molar-refractivity contribution in [1.29, 1.82) is 0 Å². The molecule has 0 aliphatic rings. The Morgan fingerprint density at radius 2 is 1.15 bits per heavy atom. The van der Waals surface area contributed by atoms with Gasteiger partial charge in [0.15, 0.2) is 17.5 Å². The van der Waals surface area contributed by atoms with Gasteiger partial charge in [-0.05, 0) is 39.7 Å². The molecule has 8 aromatic rings. The molecule has 0 saturated heterocycles. The lowest BCUT2D eigenvalue weighted by Crippen LogP contribution is -2.00. The molecule has 0 N–H and O–H groups in total. The average molecular weight is 505 g/mol. The van der Waals surface area contributed by atoms with E-state index in [2.05, 4.69) is 6.07 Å². The predicted octanol–water partition coefficient (Wildman–Crippen LogP) is 9.08. The van der Waals surface area contributed by atoms with Gasteiger partial charge in [-0.3, -0.25) is 0 Å². The van der Waals surface area contributed by atoms with Crippen LogP contribution in [0.25, 0.3) is 77.6 Å². The molecule has 39 heavy (non-hydrogen) atoms. The molecule has 2 heterocycles. The Morgan fingerprint density at radius 3 is 2.00 bits per heavy atom. The topological polar surface area (TPSA) is 51.8 Å². The van der Waals surface area contributed by atoms with Gasteiger partial charge < -0.3 is 4.42 Å². The van der Waals surface area contributed by atoms with Crippen LogP contribution in [-0.4, -0.2) is 15.0 Å². The molecule has 0 atom stereocenters. The zero-order chi connectivity index (χ0) is 30.1. The molecule has 4 nitrogen and oxygen atoms in total. The van der Waals surface area contributed by atoms with Gasteiger partial charge in [0, 0.05) is 27.5 Å². The summed E-state index contributed by atoms with van der Waals surface area (Å²) in [5.41, 5.74) is 2.70. The van der Waals surface area contributed by atoms with Gasteiger partial charge in [-0.25, -0.2) is 15.0 Å². The summed E-state index contributed by atoms with van der Waals surface area (Å²) in [4.78, 5) is 14.5. The third-order valence-electron chi connectivity index (χ3n) is 6.99. The van der Waals surface area contributed by atoms with Crippen LogP contribution in [0.2, 0.25) is 0 Å². The fraction of sp³-hybridized carbons (Fsp3) is 0. The van der Waals surface area contributed by atoms with Crippen LogP contribution in [0, 0.1) is 0 Å². The fourth-order valence-corrected chi connectivity index (χ4v) is 5.21. The van der Waals surface area contributed by atoms with Crippen molar-refractivity contribution in [3.8, 4) is 34.2 Å². The highest BCUT2D eigenvalue weighted by atomic mass is 16.3. The van der Waals surface area contributed by atoms with Gasteiger partial charge in [0.1, 0.15) is 11.2 Å². The molecule has 8 rings (SSSR count). The molecule has 0 aliphatic carbocycles. The summed E-state index contributed by atoms with van der Waals surface area (Å²) >= 11 is 0. The number of benzene rings is 6. The number of hydrogen-bond acceptors (Lipinski definition) is 4. The van der Waals surface area contributed by atoms with E-state index < -0.39 is 18.1 Å². The second-order valence-corrected chi connectivity index (χ2v) is 9.31. The summed E-state index contributed by atoms with van der Waals surface area (Å²) in [6, 6.07) is 29.4. The number of hydrogen-bond donors (Lipinski definition) is 0. The van der Waals surface area contributed by atoms with E-state index in [1.54, 1.807) is 0 Å². The third-order valence-corrected chi connectivity index (χ3v) is 6.99. The third kappa shape index (κ3) is 3.57. The summed E-state index contributed by atoms with van der Waals surface area (Å²) in [6.45, 7) is 0. The first-order chi connectivity index (χ1) is 21.4. The Hall–Kier alpha value is -5.35. The molecule has 2 aromatic heterocycles. The molecule has 0 unspecified atom stereocenters. The Bertz CT molecular complexity index is 2440. The maximum Gasteiger partial charge on any atom is 0.164 e. The summed E-state index contributed by atoms with van der Waals surface area (Å²) < 4.78 is 48.3. The molecule has 0 radical (unpaired) electrons. The van der Waals surface area contributed by atoms with Crippen LogP contribution in [0.4, 0.5) is 0 Å². The first kappa shape index (κ1) is 17.2. The number of rotatable bonds is 3. The standard InChI is InChI=1S/C35H21N3O/c1-2-11-23(12-3-1)33-36-34(27-17-8-15-22-10-6-7-16-26(22)27)38-35(37-33)28-18-9-19-30-32(28)29-20-24-13-4-5-14-25(24)21-31(29)39-30/h1-21H/i1D,2D,3D,11D,12D. The van der Waals surface area contributed by atoms with E-state index in [4.69, 9.17) is 26.2 Å². The maximum absolute atomic E-state index is 8.66. The monoisotopic (exact) mass is 504 g/mol. The van der Waals surface area contributed by atoms with Gasteiger partial charge in [0.05, 0.1) is 6.85 Å². The number of furan rings is 1. The highest BCUT2D eigenvalue weighted by Gasteiger charge is 2.18. The van der Waals surface area contributed by atoms with E-state index in [-0.39, 0.29) is 23.5 Å². The molecule has 0 spiro atoms. The summed E-state index contributed by atoms with van der Waals surface area (Å²) in [6.07, 6.45) is 0. The van der Waals surface area contributed by atoms with Crippen LogP contribution in [-0.2, 0) is 0 Å².